The number of nitrogens with zero attached hydrogens (tertiary/aromatic N) is 4. The van der Waals surface area contributed by atoms with E-state index in [1.807, 2.05) is 6.20 Å². The van der Waals surface area contributed by atoms with Gasteiger partial charge in [-0.1, -0.05) is 91.0 Å². The van der Waals surface area contributed by atoms with E-state index in [9.17, 15) is 0 Å². The molecule has 0 bridgehead atoms. The van der Waals surface area contributed by atoms with Gasteiger partial charge in [-0.15, -0.1) is 0 Å². The van der Waals surface area contributed by atoms with Crippen LogP contribution in [0.3, 0.4) is 0 Å². The van der Waals surface area contributed by atoms with E-state index in [4.69, 9.17) is 4.98 Å². The molecule has 4 heteroatoms. The van der Waals surface area contributed by atoms with Crippen LogP contribution < -0.4 is 0 Å². The highest BCUT2D eigenvalue weighted by Crippen LogP contribution is 2.38. The molecule has 0 aliphatic heterocycles. The third kappa shape index (κ3) is 3.39. The molecule has 0 unspecified atom stereocenters. The molecule has 0 radical (unpaired) electrons. The van der Waals surface area contributed by atoms with Gasteiger partial charge in [0.15, 0.2) is 0 Å². The van der Waals surface area contributed by atoms with Gasteiger partial charge in [0.25, 0.3) is 0 Å². The summed E-state index contributed by atoms with van der Waals surface area (Å²) in [6, 6.07) is 54.3. The minimum absolute atomic E-state index is 0.945. The quantitative estimate of drug-likeness (QED) is 0.206. The van der Waals surface area contributed by atoms with E-state index < -0.39 is 0 Å². The van der Waals surface area contributed by atoms with Crippen LogP contribution in [0.1, 0.15) is 0 Å². The van der Waals surface area contributed by atoms with Gasteiger partial charge in [-0.2, -0.15) is 0 Å². The lowest BCUT2D eigenvalue weighted by Crippen LogP contribution is -1.98. The smallest absolute Gasteiger partial charge is 0.145 e. The fraction of sp³-hybridized carbons (Fsp3) is 0. The van der Waals surface area contributed by atoms with Gasteiger partial charge in [-0.3, -0.25) is 4.57 Å². The number of pyridine rings is 1. The van der Waals surface area contributed by atoms with Gasteiger partial charge in [-0.05, 0) is 60.7 Å². The fourth-order valence-corrected chi connectivity index (χ4v) is 7.37. The first-order valence-electron chi connectivity index (χ1n) is 15.3. The first-order chi connectivity index (χ1) is 22.3. The summed E-state index contributed by atoms with van der Waals surface area (Å²) in [4.78, 5) is 5.19. The lowest BCUT2D eigenvalue weighted by Gasteiger charge is -2.10. The highest BCUT2D eigenvalue weighted by molar-refractivity contribution is 6.13. The molecule has 45 heavy (non-hydrogen) atoms. The number of para-hydroxylation sites is 5. The third-order valence-electron chi connectivity index (χ3n) is 9.27. The molecule has 0 saturated carbocycles. The zero-order valence-corrected chi connectivity index (χ0v) is 24.3. The van der Waals surface area contributed by atoms with E-state index in [0.717, 1.165) is 33.6 Å². The standard InChI is InChI=1S/C41H26N4/c1-2-12-27(13-3-1)45-40-23-22-28(43-36-18-8-4-14-30(36)31-15-5-9-19-37(31)43)24-34(40)35-25-29(26-42-41(35)45)44-38-20-10-6-16-32(38)33-17-7-11-21-39(33)44/h1-26H. The van der Waals surface area contributed by atoms with Gasteiger partial charge in [0.1, 0.15) is 5.65 Å². The van der Waals surface area contributed by atoms with Gasteiger partial charge in [0, 0.05) is 43.7 Å². The third-order valence-corrected chi connectivity index (χ3v) is 9.27. The molecule has 4 nitrogen and oxygen atoms in total. The molecule has 0 aliphatic carbocycles. The molecule has 6 aromatic carbocycles. The summed E-state index contributed by atoms with van der Waals surface area (Å²) < 4.78 is 7.02. The highest BCUT2D eigenvalue weighted by Gasteiger charge is 2.19. The Bertz CT molecular complexity index is 2480. The maximum absolute atomic E-state index is 5.19. The van der Waals surface area contributed by atoms with Crippen molar-refractivity contribution in [2.45, 2.75) is 0 Å². The summed E-state index contributed by atoms with van der Waals surface area (Å²) in [5, 5.41) is 7.30. The van der Waals surface area contributed by atoms with E-state index in [1.54, 1.807) is 0 Å². The molecule has 0 aliphatic rings. The van der Waals surface area contributed by atoms with Crippen LogP contribution in [-0.4, -0.2) is 18.7 Å². The van der Waals surface area contributed by atoms with Gasteiger partial charge in [0.2, 0.25) is 0 Å². The molecule has 210 valence electrons. The molecule has 0 amide bonds. The maximum Gasteiger partial charge on any atom is 0.145 e. The lowest BCUT2D eigenvalue weighted by molar-refractivity contribution is 1.11. The summed E-state index contributed by atoms with van der Waals surface area (Å²) in [5.74, 6) is 0. The number of fused-ring (bicyclic) bond motifs is 9. The Morgan fingerprint density at radius 2 is 0.756 bits per heavy atom. The van der Waals surface area contributed by atoms with Crippen LogP contribution in [0.5, 0.6) is 0 Å². The van der Waals surface area contributed by atoms with E-state index >= 15 is 0 Å². The van der Waals surface area contributed by atoms with Gasteiger partial charge < -0.3 is 9.13 Å². The monoisotopic (exact) mass is 574 g/mol. The Labute approximate surface area is 258 Å². The van der Waals surface area contributed by atoms with Gasteiger partial charge in [-0.25, -0.2) is 4.98 Å². The van der Waals surface area contributed by atoms with Crippen molar-refractivity contribution in [2.24, 2.45) is 0 Å². The Balaban J connectivity index is 1.31. The molecule has 0 atom stereocenters. The average molecular weight is 575 g/mol. The van der Waals surface area contributed by atoms with Gasteiger partial charge in [0.05, 0.1) is 39.5 Å². The van der Waals surface area contributed by atoms with Crippen LogP contribution in [0.25, 0.3) is 82.6 Å². The lowest BCUT2D eigenvalue weighted by atomic mass is 10.1. The van der Waals surface area contributed by atoms with Crippen LogP contribution in [-0.2, 0) is 0 Å². The molecular formula is C41H26N4. The predicted octanol–water partition coefficient (Wildman–Crippen LogP) is 10.4. The first-order valence-corrected chi connectivity index (χ1v) is 15.3. The molecular weight excluding hydrogens is 548 g/mol. The summed E-state index contributed by atoms with van der Waals surface area (Å²) >= 11 is 0. The van der Waals surface area contributed by atoms with Crippen molar-refractivity contribution in [3.8, 4) is 17.1 Å². The second-order valence-corrected chi connectivity index (χ2v) is 11.7. The number of hydrogen-bond acceptors (Lipinski definition) is 1. The molecule has 10 rings (SSSR count). The SMILES string of the molecule is c1ccc(-n2c3ccc(-n4c5ccccc5c5ccccc54)cc3c3cc(-n4c5ccccc5c5ccccc54)cnc32)cc1. The predicted molar refractivity (Wildman–Crippen MR) is 187 cm³/mol. The molecule has 0 fully saturated rings. The second-order valence-electron chi connectivity index (χ2n) is 11.7. The van der Waals surface area contributed by atoms with E-state index in [-0.39, 0.29) is 0 Å². The fourth-order valence-electron chi connectivity index (χ4n) is 7.37. The van der Waals surface area contributed by atoms with Crippen molar-refractivity contribution in [2.75, 3.05) is 0 Å². The van der Waals surface area contributed by atoms with Crippen LogP contribution in [0.15, 0.2) is 158 Å². The Morgan fingerprint density at radius 3 is 1.31 bits per heavy atom. The van der Waals surface area contributed by atoms with E-state index in [1.165, 1.54) is 49.0 Å². The molecule has 0 spiro atoms. The number of rotatable bonds is 3. The van der Waals surface area contributed by atoms with E-state index in [2.05, 4.69) is 165 Å². The average Bonchev–Trinajstić information content (AvgIpc) is 3.74. The van der Waals surface area contributed by atoms with Crippen molar-refractivity contribution < 1.29 is 0 Å². The Hall–Kier alpha value is -6.13. The van der Waals surface area contributed by atoms with Crippen molar-refractivity contribution in [3.05, 3.63) is 158 Å². The Kier molecular flexibility index (Phi) is 4.96. The number of benzene rings is 6. The first kappa shape index (κ1) is 24.3. The minimum Gasteiger partial charge on any atom is -0.309 e. The second kappa shape index (κ2) is 9.18. The summed E-state index contributed by atoms with van der Waals surface area (Å²) in [6.07, 6.45) is 2.02. The zero-order valence-electron chi connectivity index (χ0n) is 24.3. The minimum atomic E-state index is 0.945. The Morgan fingerprint density at radius 1 is 0.311 bits per heavy atom. The topological polar surface area (TPSA) is 27.7 Å². The van der Waals surface area contributed by atoms with Crippen LogP contribution in [0, 0.1) is 0 Å². The number of aromatic nitrogens is 4. The summed E-state index contributed by atoms with van der Waals surface area (Å²) in [5.41, 5.74) is 10.1. The maximum atomic E-state index is 5.19. The van der Waals surface area contributed by atoms with E-state index in [0.29, 0.717) is 0 Å². The molecule has 0 N–H and O–H groups in total. The number of hydrogen-bond donors (Lipinski definition) is 0. The van der Waals surface area contributed by atoms with Crippen molar-refractivity contribution in [1.82, 2.24) is 18.7 Å². The van der Waals surface area contributed by atoms with Crippen LogP contribution in [0.4, 0.5) is 0 Å². The normalized spacial score (nSPS) is 12.0. The molecule has 10 aromatic rings. The zero-order chi connectivity index (χ0) is 29.5. The van der Waals surface area contributed by atoms with Crippen molar-refractivity contribution in [3.63, 3.8) is 0 Å². The largest absolute Gasteiger partial charge is 0.309 e. The summed E-state index contributed by atoms with van der Waals surface area (Å²) in [7, 11) is 0. The van der Waals surface area contributed by atoms with Crippen molar-refractivity contribution in [1.29, 1.82) is 0 Å². The highest BCUT2D eigenvalue weighted by atomic mass is 15.1. The van der Waals surface area contributed by atoms with Crippen LogP contribution >= 0.6 is 0 Å². The van der Waals surface area contributed by atoms with Gasteiger partial charge >= 0.3 is 0 Å². The van der Waals surface area contributed by atoms with Crippen LogP contribution in [0.2, 0.25) is 0 Å². The summed E-state index contributed by atoms with van der Waals surface area (Å²) in [6.45, 7) is 0. The molecule has 4 aromatic heterocycles. The molecule has 0 saturated heterocycles. The molecule has 4 heterocycles. The van der Waals surface area contributed by atoms with Crippen molar-refractivity contribution >= 4 is 65.5 Å².